The van der Waals surface area contributed by atoms with E-state index < -0.39 is 0 Å². The number of hydrogen-bond donors (Lipinski definition) is 1. The molecule has 2 aromatic rings. The Labute approximate surface area is 119 Å². The van der Waals surface area contributed by atoms with Crippen molar-refractivity contribution in [1.29, 1.82) is 0 Å². The fourth-order valence-corrected chi connectivity index (χ4v) is 2.19. The van der Waals surface area contributed by atoms with Crippen LogP contribution >= 0.6 is 15.9 Å². The Morgan fingerprint density at radius 2 is 1.95 bits per heavy atom. The van der Waals surface area contributed by atoms with E-state index >= 15 is 0 Å². The van der Waals surface area contributed by atoms with Gasteiger partial charge in [0, 0.05) is 28.3 Å². The highest BCUT2D eigenvalue weighted by Gasteiger charge is 2.12. The summed E-state index contributed by atoms with van der Waals surface area (Å²) in [7, 11) is 0. The summed E-state index contributed by atoms with van der Waals surface area (Å²) in [6, 6.07) is 12.6. The summed E-state index contributed by atoms with van der Waals surface area (Å²) in [5.41, 5.74) is 2.86. The number of nitro groups is 1. The van der Waals surface area contributed by atoms with Crippen molar-refractivity contribution in [3.8, 4) is 0 Å². The van der Waals surface area contributed by atoms with E-state index in [-0.39, 0.29) is 10.6 Å². The molecule has 0 atom stereocenters. The highest BCUT2D eigenvalue weighted by atomic mass is 79.9. The van der Waals surface area contributed by atoms with Gasteiger partial charge in [0.2, 0.25) is 0 Å². The van der Waals surface area contributed by atoms with E-state index in [0.717, 1.165) is 15.7 Å². The summed E-state index contributed by atoms with van der Waals surface area (Å²) in [5, 5.41) is 14.2. The molecule has 2 rings (SSSR count). The van der Waals surface area contributed by atoms with Crippen LogP contribution in [0, 0.1) is 17.0 Å². The highest BCUT2D eigenvalue weighted by Crippen LogP contribution is 2.25. The molecule has 4 nitrogen and oxygen atoms in total. The maximum Gasteiger partial charge on any atom is 0.274 e. The molecule has 0 aliphatic heterocycles. The largest absolute Gasteiger partial charge is 0.380 e. The van der Waals surface area contributed by atoms with Gasteiger partial charge >= 0.3 is 0 Å². The minimum Gasteiger partial charge on any atom is -0.380 e. The van der Waals surface area contributed by atoms with Gasteiger partial charge < -0.3 is 5.32 Å². The molecule has 0 heterocycles. The number of nitrogens with one attached hydrogen (secondary N) is 1. The number of rotatable bonds is 4. The van der Waals surface area contributed by atoms with Gasteiger partial charge in [0.15, 0.2) is 0 Å². The lowest BCUT2D eigenvalue weighted by Gasteiger charge is -2.10. The van der Waals surface area contributed by atoms with E-state index in [0.29, 0.717) is 12.1 Å². The topological polar surface area (TPSA) is 55.2 Å². The molecule has 0 spiro atoms. The summed E-state index contributed by atoms with van der Waals surface area (Å²) in [6.45, 7) is 2.42. The first kappa shape index (κ1) is 13.5. The number of benzene rings is 2. The number of nitro benzene ring substituents is 1. The van der Waals surface area contributed by atoms with E-state index in [2.05, 4.69) is 21.2 Å². The van der Waals surface area contributed by atoms with Gasteiger partial charge in [0.25, 0.3) is 5.69 Å². The van der Waals surface area contributed by atoms with E-state index in [1.165, 1.54) is 6.07 Å². The summed E-state index contributed by atoms with van der Waals surface area (Å²) in [4.78, 5) is 10.6. The standard InChI is InChI=1S/C14H13BrN2O2/c1-10-12(15)6-4-7-13(10)16-9-11-5-2-3-8-14(11)17(18)19/h2-8,16H,9H2,1H3. The third-order valence-corrected chi connectivity index (χ3v) is 3.78. The number of para-hydroxylation sites is 1. The van der Waals surface area contributed by atoms with E-state index in [9.17, 15) is 10.1 Å². The van der Waals surface area contributed by atoms with Crippen molar-refractivity contribution in [2.45, 2.75) is 13.5 Å². The second-order valence-electron chi connectivity index (χ2n) is 4.15. The second-order valence-corrected chi connectivity index (χ2v) is 5.01. The molecule has 0 unspecified atom stereocenters. The van der Waals surface area contributed by atoms with Crippen molar-refractivity contribution in [1.82, 2.24) is 0 Å². The SMILES string of the molecule is Cc1c(Br)cccc1NCc1ccccc1[N+](=O)[O-]. The van der Waals surface area contributed by atoms with Crippen molar-refractivity contribution in [3.05, 3.63) is 68.2 Å². The van der Waals surface area contributed by atoms with Crippen LogP contribution in [0.1, 0.15) is 11.1 Å². The molecule has 0 amide bonds. The number of anilines is 1. The van der Waals surface area contributed by atoms with Crippen LogP contribution < -0.4 is 5.32 Å². The van der Waals surface area contributed by atoms with Gasteiger partial charge in [0.05, 0.1) is 4.92 Å². The summed E-state index contributed by atoms with van der Waals surface area (Å²) < 4.78 is 1.01. The van der Waals surface area contributed by atoms with Crippen molar-refractivity contribution < 1.29 is 4.92 Å². The lowest BCUT2D eigenvalue weighted by atomic mass is 10.1. The van der Waals surface area contributed by atoms with Crippen molar-refractivity contribution >= 4 is 27.3 Å². The molecule has 19 heavy (non-hydrogen) atoms. The Kier molecular flexibility index (Phi) is 4.16. The van der Waals surface area contributed by atoms with Crippen LogP contribution in [-0.2, 0) is 6.54 Å². The fraction of sp³-hybridized carbons (Fsp3) is 0.143. The molecule has 0 aliphatic carbocycles. The van der Waals surface area contributed by atoms with Gasteiger partial charge in [-0.3, -0.25) is 10.1 Å². The normalized spacial score (nSPS) is 10.2. The molecule has 0 saturated carbocycles. The minimum atomic E-state index is -0.356. The molecule has 2 aromatic carbocycles. The molecule has 0 radical (unpaired) electrons. The lowest BCUT2D eigenvalue weighted by molar-refractivity contribution is -0.385. The van der Waals surface area contributed by atoms with E-state index in [1.54, 1.807) is 18.2 Å². The van der Waals surface area contributed by atoms with Gasteiger partial charge in [-0.1, -0.05) is 40.2 Å². The first-order valence-corrected chi connectivity index (χ1v) is 6.60. The number of hydrogen-bond acceptors (Lipinski definition) is 3. The molecule has 98 valence electrons. The molecule has 0 saturated heterocycles. The van der Waals surface area contributed by atoms with Crippen molar-refractivity contribution in [3.63, 3.8) is 0 Å². The lowest BCUT2D eigenvalue weighted by Crippen LogP contribution is -2.04. The maximum absolute atomic E-state index is 10.9. The van der Waals surface area contributed by atoms with Crippen LogP contribution in [-0.4, -0.2) is 4.92 Å². The molecule has 0 aliphatic rings. The Morgan fingerprint density at radius 1 is 1.21 bits per heavy atom. The molecule has 5 heteroatoms. The van der Waals surface area contributed by atoms with E-state index in [4.69, 9.17) is 0 Å². The van der Waals surface area contributed by atoms with Gasteiger partial charge in [-0.05, 0) is 24.6 Å². The maximum atomic E-state index is 10.9. The van der Waals surface area contributed by atoms with Gasteiger partial charge in [0.1, 0.15) is 0 Å². The Bertz CT molecular complexity index is 614. The van der Waals surface area contributed by atoms with Gasteiger partial charge in [-0.2, -0.15) is 0 Å². The Balaban J connectivity index is 2.19. The second kappa shape index (κ2) is 5.84. The zero-order valence-corrected chi connectivity index (χ0v) is 12.0. The first-order valence-electron chi connectivity index (χ1n) is 5.81. The zero-order valence-electron chi connectivity index (χ0n) is 10.4. The van der Waals surface area contributed by atoms with Crippen LogP contribution in [0.15, 0.2) is 46.9 Å². The molecular weight excluding hydrogens is 308 g/mol. The van der Waals surface area contributed by atoms with Gasteiger partial charge in [-0.15, -0.1) is 0 Å². The van der Waals surface area contributed by atoms with Crippen LogP contribution in [0.2, 0.25) is 0 Å². The average molecular weight is 321 g/mol. The average Bonchev–Trinajstić information content (AvgIpc) is 2.40. The van der Waals surface area contributed by atoms with Gasteiger partial charge in [-0.25, -0.2) is 0 Å². The van der Waals surface area contributed by atoms with Crippen LogP contribution in [0.5, 0.6) is 0 Å². The molecule has 0 fully saturated rings. The number of nitrogens with zero attached hydrogens (tertiary/aromatic N) is 1. The molecule has 1 N–H and O–H groups in total. The minimum absolute atomic E-state index is 0.141. The van der Waals surface area contributed by atoms with Crippen molar-refractivity contribution in [2.75, 3.05) is 5.32 Å². The van der Waals surface area contributed by atoms with Crippen molar-refractivity contribution in [2.24, 2.45) is 0 Å². The van der Waals surface area contributed by atoms with Crippen LogP contribution in [0.4, 0.5) is 11.4 Å². The fourth-order valence-electron chi connectivity index (χ4n) is 1.83. The van der Waals surface area contributed by atoms with E-state index in [1.807, 2.05) is 25.1 Å². The predicted octanol–water partition coefficient (Wildman–Crippen LogP) is 4.28. The molecule has 0 bridgehead atoms. The quantitative estimate of drug-likeness (QED) is 0.675. The van der Waals surface area contributed by atoms with Crippen LogP contribution in [0.3, 0.4) is 0 Å². The summed E-state index contributed by atoms with van der Waals surface area (Å²) in [5.74, 6) is 0. The number of halogens is 1. The first-order chi connectivity index (χ1) is 9.09. The smallest absolute Gasteiger partial charge is 0.274 e. The third-order valence-electron chi connectivity index (χ3n) is 2.93. The zero-order chi connectivity index (χ0) is 13.8. The summed E-state index contributed by atoms with van der Waals surface area (Å²) in [6.07, 6.45) is 0. The van der Waals surface area contributed by atoms with Crippen LogP contribution in [0.25, 0.3) is 0 Å². The summed E-state index contributed by atoms with van der Waals surface area (Å²) >= 11 is 3.46. The molecule has 0 aromatic heterocycles. The predicted molar refractivity (Wildman–Crippen MR) is 79.3 cm³/mol. The third kappa shape index (κ3) is 3.12. The molecular formula is C14H13BrN2O2. The monoisotopic (exact) mass is 320 g/mol. The highest BCUT2D eigenvalue weighted by molar-refractivity contribution is 9.10. The Morgan fingerprint density at radius 3 is 2.68 bits per heavy atom. The Hall–Kier alpha value is -1.88.